The van der Waals surface area contributed by atoms with Gasteiger partial charge in [0.1, 0.15) is 11.3 Å². The summed E-state index contributed by atoms with van der Waals surface area (Å²) in [5, 5.41) is 0. The fourth-order valence-electron chi connectivity index (χ4n) is 2.48. The van der Waals surface area contributed by atoms with Crippen molar-refractivity contribution >= 4 is 11.6 Å². The number of aromatic nitrogens is 2. The van der Waals surface area contributed by atoms with E-state index in [1.54, 1.807) is 6.92 Å². The van der Waals surface area contributed by atoms with Crippen LogP contribution in [0, 0.1) is 13.8 Å². The number of imidazole rings is 1. The number of esters is 1. The van der Waals surface area contributed by atoms with E-state index in [1.165, 1.54) is 0 Å². The first-order valence-corrected chi connectivity index (χ1v) is 7.33. The van der Waals surface area contributed by atoms with Gasteiger partial charge in [-0.05, 0) is 38.0 Å². The van der Waals surface area contributed by atoms with Gasteiger partial charge in [0, 0.05) is 11.8 Å². The number of aryl methyl sites for hydroxylation is 2. The van der Waals surface area contributed by atoms with Crippen LogP contribution in [0.15, 0.2) is 42.6 Å². The highest BCUT2D eigenvalue weighted by molar-refractivity contribution is 5.96. The highest BCUT2D eigenvalue weighted by Crippen LogP contribution is 2.26. The minimum atomic E-state index is -0.350. The van der Waals surface area contributed by atoms with E-state index in [2.05, 4.69) is 4.98 Å². The van der Waals surface area contributed by atoms with Crippen LogP contribution in [-0.2, 0) is 4.74 Å². The lowest BCUT2D eigenvalue weighted by atomic mass is 10.1. The number of pyridine rings is 1. The highest BCUT2D eigenvalue weighted by atomic mass is 16.5. The van der Waals surface area contributed by atoms with Gasteiger partial charge in [0.15, 0.2) is 5.69 Å². The Morgan fingerprint density at radius 3 is 2.59 bits per heavy atom. The number of fused-ring (bicyclic) bond motifs is 1. The van der Waals surface area contributed by atoms with Crippen LogP contribution in [-0.4, -0.2) is 22.0 Å². The van der Waals surface area contributed by atoms with Gasteiger partial charge in [-0.1, -0.05) is 30.3 Å². The zero-order chi connectivity index (χ0) is 15.7. The third kappa shape index (κ3) is 2.37. The Morgan fingerprint density at radius 1 is 1.18 bits per heavy atom. The minimum Gasteiger partial charge on any atom is -0.461 e. The molecule has 1 aromatic carbocycles. The van der Waals surface area contributed by atoms with Crippen molar-refractivity contribution in [2.24, 2.45) is 0 Å². The van der Waals surface area contributed by atoms with E-state index in [0.29, 0.717) is 18.0 Å². The van der Waals surface area contributed by atoms with Crippen molar-refractivity contribution in [2.45, 2.75) is 20.8 Å². The molecular formula is C18H18N2O2. The summed E-state index contributed by atoms with van der Waals surface area (Å²) in [6, 6.07) is 11.7. The SMILES string of the molecule is CCOC(=O)c1c(-c2ccccc2)nc2cc(C)c(C)cn12. The number of carbonyl (C=O) groups is 1. The highest BCUT2D eigenvalue weighted by Gasteiger charge is 2.22. The first kappa shape index (κ1) is 14.3. The van der Waals surface area contributed by atoms with E-state index in [0.717, 1.165) is 22.3 Å². The summed E-state index contributed by atoms with van der Waals surface area (Å²) in [6.07, 6.45) is 1.94. The molecule has 0 radical (unpaired) electrons. The quantitative estimate of drug-likeness (QED) is 0.690. The van der Waals surface area contributed by atoms with Crippen LogP contribution >= 0.6 is 0 Å². The molecule has 2 aromatic heterocycles. The normalized spacial score (nSPS) is 10.9. The molecule has 22 heavy (non-hydrogen) atoms. The second kappa shape index (κ2) is 5.64. The lowest BCUT2D eigenvalue weighted by Gasteiger charge is -2.06. The molecule has 4 heteroatoms. The number of nitrogens with zero attached hydrogens (tertiary/aromatic N) is 2. The number of hydrogen-bond acceptors (Lipinski definition) is 3. The molecule has 0 fully saturated rings. The Balaban J connectivity index is 2.31. The summed E-state index contributed by atoms with van der Waals surface area (Å²) < 4.78 is 7.05. The summed E-state index contributed by atoms with van der Waals surface area (Å²) >= 11 is 0. The Bertz CT molecular complexity index is 835. The molecule has 0 saturated heterocycles. The Kier molecular flexibility index (Phi) is 3.67. The average molecular weight is 294 g/mol. The van der Waals surface area contributed by atoms with E-state index < -0.39 is 0 Å². The molecule has 3 aromatic rings. The average Bonchev–Trinajstić information content (AvgIpc) is 2.87. The van der Waals surface area contributed by atoms with Gasteiger partial charge in [-0.25, -0.2) is 9.78 Å². The van der Waals surface area contributed by atoms with Crippen molar-refractivity contribution < 1.29 is 9.53 Å². The van der Waals surface area contributed by atoms with Crippen molar-refractivity contribution in [1.82, 2.24) is 9.38 Å². The van der Waals surface area contributed by atoms with E-state index in [-0.39, 0.29) is 5.97 Å². The molecule has 0 saturated carbocycles. The molecule has 0 aliphatic heterocycles. The molecule has 0 aliphatic rings. The molecule has 0 unspecified atom stereocenters. The van der Waals surface area contributed by atoms with Crippen LogP contribution in [0.5, 0.6) is 0 Å². The minimum absolute atomic E-state index is 0.338. The number of rotatable bonds is 3. The van der Waals surface area contributed by atoms with E-state index in [4.69, 9.17) is 4.74 Å². The monoisotopic (exact) mass is 294 g/mol. The predicted octanol–water partition coefficient (Wildman–Crippen LogP) is 3.79. The first-order valence-electron chi connectivity index (χ1n) is 7.33. The zero-order valence-electron chi connectivity index (χ0n) is 13.0. The lowest BCUT2D eigenvalue weighted by Crippen LogP contribution is -2.09. The third-order valence-electron chi connectivity index (χ3n) is 3.74. The van der Waals surface area contributed by atoms with E-state index in [9.17, 15) is 4.79 Å². The van der Waals surface area contributed by atoms with Gasteiger partial charge in [-0.3, -0.25) is 4.40 Å². The molecule has 0 bridgehead atoms. The van der Waals surface area contributed by atoms with Crippen molar-refractivity contribution in [3.63, 3.8) is 0 Å². The van der Waals surface area contributed by atoms with Gasteiger partial charge >= 0.3 is 5.97 Å². The van der Waals surface area contributed by atoms with Crippen molar-refractivity contribution in [3.05, 3.63) is 59.4 Å². The fraction of sp³-hybridized carbons (Fsp3) is 0.222. The molecule has 3 rings (SSSR count). The van der Waals surface area contributed by atoms with Gasteiger partial charge < -0.3 is 4.74 Å². The molecule has 0 atom stereocenters. The number of ether oxygens (including phenoxy) is 1. The predicted molar refractivity (Wildman–Crippen MR) is 86.1 cm³/mol. The maximum atomic E-state index is 12.4. The summed E-state index contributed by atoms with van der Waals surface area (Å²) in [5.74, 6) is -0.350. The summed E-state index contributed by atoms with van der Waals surface area (Å²) in [6.45, 7) is 6.20. The zero-order valence-corrected chi connectivity index (χ0v) is 13.0. The third-order valence-corrected chi connectivity index (χ3v) is 3.74. The Labute approximate surface area is 129 Å². The molecule has 4 nitrogen and oxygen atoms in total. The van der Waals surface area contributed by atoms with Gasteiger partial charge in [0.05, 0.1) is 6.61 Å². The van der Waals surface area contributed by atoms with E-state index >= 15 is 0 Å². The molecule has 0 spiro atoms. The second-order valence-corrected chi connectivity index (χ2v) is 5.26. The second-order valence-electron chi connectivity index (χ2n) is 5.26. The van der Waals surface area contributed by atoms with Crippen molar-refractivity contribution in [2.75, 3.05) is 6.61 Å². The van der Waals surface area contributed by atoms with E-state index in [1.807, 2.05) is 60.8 Å². The molecular weight excluding hydrogens is 276 g/mol. The molecule has 0 N–H and O–H groups in total. The maximum absolute atomic E-state index is 12.4. The van der Waals surface area contributed by atoms with Crippen LogP contribution < -0.4 is 0 Å². The maximum Gasteiger partial charge on any atom is 0.357 e. The van der Waals surface area contributed by atoms with Crippen molar-refractivity contribution in [1.29, 1.82) is 0 Å². The largest absolute Gasteiger partial charge is 0.461 e. The Morgan fingerprint density at radius 2 is 1.91 bits per heavy atom. The van der Waals surface area contributed by atoms with Crippen LogP contribution in [0.4, 0.5) is 0 Å². The molecule has 2 heterocycles. The van der Waals surface area contributed by atoms with Crippen LogP contribution in [0.25, 0.3) is 16.9 Å². The topological polar surface area (TPSA) is 43.6 Å². The molecule has 0 amide bonds. The summed E-state index contributed by atoms with van der Waals surface area (Å²) in [5.41, 5.74) is 5.05. The standard InChI is InChI=1S/C18H18N2O2/c1-4-22-18(21)17-16(14-8-6-5-7-9-14)19-15-10-12(2)13(3)11-20(15)17/h5-11H,4H2,1-3H3. The van der Waals surface area contributed by atoms with Crippen LogP contribution in [0.2, 0.25) is 0 Å². The molecule has 112 valence electrons. The summed E-state index contributed by atoms with van der Waals surface area (Å²) in [7, 11) is 0. The van der Waals surface area contributed by atoms with Gasteiger partial charge in [0.25, 0.3) is 0 Å². The van der Waals surface area contributed by atoms with Gasteiger partial charge in [0.2, 0.25) is 0 Å². The lowest BCUT2D eigenvalue weighted by molar-refractivity contribution is 0.0519. The number of hydrogen-bond donors (Lipinski definition) is 0. The van der Waals surface area contributed by atoms with Crippen LogP contribution in [0.3, 0.4) is 0 Å². The number of benzene rings is 1. The van der Waals surface area contributed by atoms with Crippen LogP contribution in [0.1, 0.15) is 28.5 Å². The fourth-order valence-corrected chi connectivity index (χ4v) is 2.48. The Hall–Kier alpha value is -2.62. The smallest absolute Gasteiger partial charge is 0.357 e. The number of carbonyl (C=O) groups excluding carboxylic acids is 1. The van der Waals surface area contributed by atoms with Gasteiger partial charge in [-0.2, -0.15) is 0 Å². The summed E-state index contributed by atoms with van der Waals surface area (Å²) in [4.78, 5) is 17.1. The van der Waals surface area contributed by atoms with Crippen molar-refractivity contribution in [3.8, 4) is 11.3 Å². The molecule has 0 aliphatic carbocycles. The van der Waals surface area contributed by atoms with Gasteiger partial charge in [-0.15, -0.1) is 0 Å². The first-order chi connectivity index (χ1) is 10.6.